The fraction of sp³-hybridized carbons (Fsp3) is 0.263. The van der Waals surface area contributed by atoms with Gasteiger partial charge in [-0.1, -0.05) is 37.6 Å². The van der Waals surface area contributed by atoms with Crippen LogP contribution in [0.2, 0.25) is 0 Å². The number of nitrogens with one attached hydrogen (secondary N) is 1. The zero-order valence-electron chi connectivity index (χ0n) is 14.6. The van der Waals surface area contributed by atoms with Gasteiger partial charge in [0.2, 0.25) is 0 Å². The Morgan fingerprint density at radius 1 is 1.23 bits per heavy atom. The highest BCUT2D eigenvalue weighted by Crippen LogP contribution is 2.15. The molecule has 7 nitrogen and oxygen atoms in total. The number of unbranched alkanes of at least 4 members (excludes halogenated alkanes) is 1. The number of para-hydroxylation sites is 1. The van der Waals surface area contributed by atoms with Crippen LogP contribution >= 0.6 is 0 Å². The number of hydrazone groups is 1. The first kappa shape index (κ1) is 19.1. The van der Waals surface area contributed by atoms with Crippen LogP contribution in [-0.4, -0.2) is 23.7 Å². The summed E-state index contributed by atoms with van der Waals surface area (Å²) in [6.07, 6.45) is 4.54. The van der Waals surface area contributed by atoms with E-state index in [4.69, 9.17) is 4.74 Å². The summed E-state index contributed by atoms with van der Waals surface area (Å²) in [6, 6.07) is 13.8. The Kier molecular flexibility index (Phi) is 7.30. The van der Waals surface area contributed by atoms with Crippen LogP contribution in [0.1, 0.15) is 30.9 Å². The molecule has 1 amide bonds. The summed E-state index contributed by atoms with van der Waals surface area (Å²) in [7, 11) is 0. The summed E-state index contributed by atoms with van der Waals surface area (Å²) in [5.41, 5.74) is 3.75. The molecule has 136 valence electrons. The van der Waals surface area contributed by atoms with E-state index in [0.29, 0.717) is 11.3 Å². The number of carbonyl (C=O) groups is 1. The van der Waals surface area contributed by atoms with Crippen molar-refractivity contribution >= 4 is 17.8 Å². The van der Waals surface area contributed by atoms with Crippen LogP contribution in [0, 0.1) is 10.1 Å². The van der Waals surface area contributed by atoms with Crippen LogP contribution in [0.3, 0.4) is 0 Å². The van der Waals surface area contributed by atoms with Crippen molar-refractivity contribution in [3.05, 3.63) is 69.8 Å². The van der Waals surface area contributed by atoms with Gasteiger partial charge in [-0.15, -0.1) is 0 Å². The smallest absolute Gasteiger partial charge is 0.278 e. The van der Waals surface area contributed by atoms with Crippen LogP contribution in [0.5, 0.6) is 5.75 Å². The first-order chi connectivity index (χ1) is 12.6. The Bertz CT molecular complexity index is 773. The summed E-state index contributed by atoms with van der Waals surface area (Å²) >= 11 is 0. The highest BCUT2D eigenvalue weighted by Gasteiger charge is 2.10. The summed E-state index contributed by atoms with van der Waals surface area (Å²) in [6.45, 7) is 1.96. The van der Waals surface area contributed by atoms with Gasteiger partial charge >= 0.3 is 0 Å². The Balaban J connectivity index is 1.81. The van der Waals surface area contributed by atoms with Gasteiger partial charge in [0.1, 0.15) is 5.75 Å². The van der Waals surface area contributed by atoms with E-state index in [1.54, 1.807) is 18.2 Å². The van der Waals surface area contributed by atoms with Crippen LogP contribution in [0.15, 0.2) is 53.6 Å². The van der Waals surface area contributed by atoms with Gasteiger partial charge in [-0.25, -0.2) is 5.43 Å². The van der Waals surface area contributed by atoms with E-state index in [1.807, 2.05) is 24.3 Å². The fourth-order valence-corrected chi connectivity index (χ4v) is 2.25. The molecule has 7 heteroatoms. The molecule has 0 aliphatic heterocycles. The highest BCUT2D eigenvalue weighted by molar-refractivity contribution is 5.86. The largest absolute Gasteiger partial charge is 0.484 e. The van der Waals surface area contributed by atoms with Gasteiger partial charge in [0, 0.05) is 6.07 Å². The zero-order valence-corrected chi connectivity index (χ0v) is 14.6. The van der Waals surface area contributed by atoms with Crippen molar-refractivity contribution in [3.63, 3.8) is 0 Å². The number of rotatable bonds is 9. The molecule has 0 spiro atoms. The van der Waals surface area contributed by atoms with Crippen molar-refractivity contribution < 1.29 is 14.5 Å². The Hall–Kier alpha value is -3.22. The minimum absolute atomic E-state index is 0.0788. The molecule has 0 fully saturated rings. The van der Waals surface area contributed by atoms with Crippen molar-refractivity contribution in [2.75, 3.05) is 6.61 Å². The van der Waals surface area contributed by atoms with E-state index in [1.165, 1.54) is 17.8 Å². The molecule has 0 heterocycles. The molecule has 0 saturated heterocycles. The number of amides is 1. The average Bonchev–Trinajstić information content (AvgIpc) is 2.66. The summed E-state index contributed by atoms with van der Waals surface area (Å²) in [5, 5.41) is 14.6. The molecule has 0 unspecified atom stereocenters. The van der Waals surface area contributed by atoms with Gasteiger partial charge in [0.15, 0.2) is 6.61 Å². The quantitative estimate of drug-likeness (QED) is 0.423. The number of aryl methyl sites for hydroxylation is 1. The third-order valence-electron chi connectivity index (χ3n) is 3.64. The van der Waals surface area contributed by atoms with Crippen molar-refractivity contribution in [2.24, 2.45) is 5.10 Å². The van der Waals surface area contributed by atoms with E-state index in [-0.39, 0.29) is 12.3 Å². The Labute approximate surface area is 151 Å². The molecule has 0 aliphatic carbocycles. The van der Waals surface area contributed by atoms with Crippen molar-refractivity contribution in [1.29, 1.82) is 0 Å². The number of nitrogens with zero attached hydrogens (tertiary/aromatic N) is 2. The van der Waals surface area contributed by atoms with Gasteiger partial charge in [-0.3, -0.25) is 14.9 Å². The third-order valence-corrected chi connectivity index (χ3v) is 3.64. The molecule has 0 bridgehead atoms. The lowest BCUT2D eigenvalue weighted by atomic mass is 10.1. The molecule has 0 aliphatic rings. The lowest BCUT2D eigenvalue weighted by Gasteiger charge is -2.06. The predicted octanol–water partition coefficient (Wildman–Crippen LogP) is 3.47. The van der Waals surface area contributed by atoms with Gasteiger partial charge in [-0.2, -0.15) is 5.10 Å². The van der Waals surface area contributed by atoms with Crippen molar-refractivity contribution in [1.82, 2.24) is 5.43 Å². The molecule has 2 aromatic rings. The van der Waals surface area contributed by atoms with Gasteiger partial charge in [0.05, 0.1) is 16.7 Å². The monoisotopic (exact) mass is 355 g/mol. The van der Waals surface area contributed by atoms with Gasteiger partial charge in [-0.05, 0) is 36.6 Å². The molecule has 2 aromatic carbocycles. The summed E-state index contributed by atoms with van der Waals surface area (Å²) < 4.78 is 5.40. The highest BCUT2D eigenvalue weighted by atomic mass is 16.6. The number of nitro benzene ring substituents is 1. The fourth-order valence-electron chi connectivity index (χ4n) is 2.25. The molecule has 0 aromatic heterocycles. The standard InChI is InChI=1S/C19H21N3O4/c1-2-3-6-15-9-11-17(12-10-15)26-14-19(23)21-20-13-16-7-4-5-8-18(16)22(24)25/h4-5,7-13H,2-3,6,14H2,1H3,(H,21,23)/b20-13+. The van der Waals surface area contributed by atoms with E-state index in [0.717, 1.165) is 19.3 Å². The molecule has 0 atom stereocenters. The lowest BCUT2D eigenvalue weighted by Crippen LogP contribution is -2.24. The lowest BCUT2D eigenvalue weighted by molar-refractivity contribution is -0.385. The molecule has 26 heavy (non-hydrogen) atoms. The SMILES string of the molecule is CCCCc1ccc(OCC(=O)N/N=C/c2ccccc2[N+](=O)[O-])cc1. The van der Waals surface area contributed by atoms with Crippen LogP contribution in [0.4, 0.5) is 5.69 Å². The van der Waals surface area contributed by atoms with E-state index in [2.05, 4.69) is 17.5 Å². The minimum atomic E-state index is -0.504. The van der Waals surface area contributed by atoms with Crippen molar-refractivity contribution in [3.8, 4) is 5.75 Å². The maximum atomic E-state index is 11.7. The average molecular weight is 355 g/mol. The number of ether oxygens (including phenoxy) is 1. The molecular formula is C19H21N3O4. The topological polar surface area (TPSA) is 93.8 Å². The number of benzene rings is 2. The molecule has 1 N–H and O–H groups in total. The number of nitro groups is 1. The first-order valence-electron chi connectivity index (χ1n) is 8.37. The number of hydrogen-bond acceptors (Lipinski definition) is 5. The molecule has 0 saturated carbocycles. The molecular weight excluding hydrogens is 334 g/mol. The van der Waals surface area contributed by atoms with Crippen LogP contribution in [-0.2, 0) is 11.2 Å². The summed E-state index contributed by atoms with van der Waals surface area (Å²) in [5.74, 6) is 0.151. The Morgan fingerprint density at radius 2 is 1.96 bits per heavy atom. The normalized spacial score (nSPS) is 10.7. The van der Waals surface area contributed by atoms with E-state index in [9.17, 15) is 14.9 Å². The maximum absolute atomic E-state index is 11.7. The van der Waals surface area contributed by atoms with Crippen LogP contribution in [0.25, 0.3) is 0 Å². The zero-order chi connectivity index (χ0) is 18.8. The second-order valence-corrected chi connectivity index (χ2v) is 5.65. The van der Waals surface area contributed by atoms with E-state index >= 15 is 0 Å². The molecule has 2 rings (SSSR count). The van der Waals surface area contributed by atoms with E-state index < -0.39 is 10.8 Å². The van der Waals surface area contributed by atoms with Gasteiger partial charge in [0.25, 0.3) is 11.6 Å². The Morgan fingerprint density at radius 3 is 2.65 bits per heavy atom. The summed E-state index contributed by atoms with van der Waals surface area (Å²) in [4.78, 5) is 22.1. The minimum Gasteiger partial charge on any atom is -0.484 e. The molecule has 0 radical (unpaired) electrons. The predicted molar refractivity (Wildman–Crippen MR) is 99.4 cm³/mol. The third kappa shape index (κ3) is 6.01. The van der Waals surface area contributed by atoms with Crippen LogP contribution < -0.4 is 10.2 Å². The van der Waals surface area contributed by atoms with Crippen molar-refractivity contribution in [2.45, 2.75) is 26.2 Å². The number of carbonyl (C=O) groups excluding carboxylic acids is 1. The van der Waals surface area contributed by atoms with Gasteiger partial charge < -0.3 is 4.74 Å². The maximum Gasteiger partial charge on any atom is 0.278 e. The second-order valence-electron chi connectivity index (χ2n) is 5.65. The number of hydrogen-bond donors (Lipinski definition) is 1. The first-order valence-corrected chi connectivity index (χ1v) is 8.37. The second kappa shape index (κ2) is 9.93.